The highest BCUT2D eigenvalue weighted by atomic mass is 32.1. The van der Waals surface area contributed by atoms with Gasteiger partial charge in [0.1, 0.15) is 56.9 Å². The molecule has 3 fully saturated rings. The van der Waals surface area contributed by atoms with E-state index in [4.69, 9.17) is 9.47 Å². The molecule has 1 saturated carbocycles. The number of alkyl halides is 15. The number of aliphatic hydroxyl groups excluding tert-OH is 1. The molecule has 682 valence electrons. The number of aromatic nitrogens is 10. The van der Waals surface area contributed by atoms with Gasteiger partial charge in [-0.25, -0.2) is 0 Å². The molecule has 126 heavy (non-hydrogen) atoms. The fraction of sp³-hybridized carbons (Fsp3) is 0.439. The SMILES string of the molecule is CC1CN(C(=O)c2ccc(-c3cc(C(F)(F)F)n(C)n3)s2)CC(C)O1.COCCCNC(=O)c1ccc(-c2cc(C(F)(F)F)n(C)n2)s1.Cn1nc(-c2ccc(C(=O)N(CCO)C3CCCCC3)s2)cc1C(F)(F)F.Cn1nc(-c2ccc(C(=O)NCCN3CCCCC3)s2)cc1C(F)(F)F.Cn1nc(-c2ccc(C(=O)NCc3ccccc3)s2)cc1C(F)(F)F. The Morgan fingerprint density at radius 2 is 0.802 bits per heavy atom. The van der Waals surface area contributed by atoms with Crippen LogP contribution in [0.1, 0.15) is 154 Å². The van der Waals surface area contributed by atoms with E-state index in [1.807, 2.05) is 44.2 Å². The monoisotopic (exact) mass is 1870 g/mol. The lowest BCUT2D eigenvalue weighted by Gasteiger charge is -2.35. The van der Waals surface area contributed by atoms with E-state index in [0.29, 0.717) is 94.5 Å². The summed E-state index contributed by atoms with van der Waals surface area (Å²) in [6.45, 7) is 9.88. The summed E-state index contributed by atoms with van der Waals surface area (Å²) >= 11 is 5.63. The van der Waals surface area contributed by atoms with Crippen molar-refractivity contribution in [2.24, 2.45) is 35.2 Å². The molecular formula is C82H91F15N16O8S5. The summed E-state index contributed by atoms with van der Waals surface area (Å²) in [5.41, 5.74) is -2.13. The van der Waals surface area contributed by atoms with Gasteiger partial charge in [0, 0.05) is 101 Å². The van der Waals surface area contributed by atoms with Crippen LogP contribution < -0.4 is 16.0 Å². The number of aryl methyl sites for hydroxylation is 5. The van der Waals surface area contributed by atoms with E-state index in [1.165, 1.54) is 54.5 Å². The van der Waals surface area contributed by atoms with Crippen LogP contribution in [0.5, 0.6) is 0 Å². The molecule has 1 aliphatic carbocycles. The maximum absolute atomic E-state index is 13.0. The quantitative estimate of drug-likeness (QED) is 0.0363. The number of carbonyl (C=O) groups is 5. The molecule has 44 heteroatoms. The first-order chi connectivity index (χ1) is 59.5. The molecular weight excluding hydrogens is 1780 g/mol. The van der Waals surface area contributed by atoms with Crippen LogP contribution >= 0.6 is 56.7 Å². The molecule has 14 rings (SSSR count). The zero-order valence-corrected chi connectivity index (χ0v) is 73.3. The summed E-state index contributed by atoms with van der Waals surface area (Å²) in [4.78, 5) is 72.5. The second-order valence-corrected chi connectivity index (χ2v) is 34.8. The molecule has 4 N–H and O–H groups in total. The van der Waals surface area contributed by atoms with Crippen LogP contribution in [0.3, 0.4) is 0 Å². The number of methoxy groups -OCH3 is 1. The number of nitrogens with one attached hydrogen (secondary N) is 3. The third-order valence-electron chi connectivity index (χ3n) is 19.8. The van der Waals surface area contributed by atoms with E-state index >= 15 is 0 Å². The number of nitrogens with zero attached hydrogens (tertiary/aromatic N) is 13. The molecule has 10 aromatic heterocycles. The average molecular weight is 1870 g/mol. The molecule has 1 aromatic carbocycles. The molecule has 0 bridgehead atoms. The van der Waals surface area contributed by atoms with Gasteiger partial charge in [-0.05, 0) is 156 Å². The number of carbonyl (C=O) groups excluding carboxylic acids is 5. The van der Waals surface area contributed by atoms with Crippen LogP contribution in [0.4, 0.5) is 65.9 Å². The lowest BCUT2D eigenvalue weighted by Crippen LogP contribution is -2.48. The van der Waals surface area contributed by atoms with Crippen LogP contribution in [-0.4, -0.2) is 189 Å². The molecule has 0 radical (unpaired) electrons. The summed E-state index contributed by atoms with van der Waals surface area (Å²) in [6, 6.07) is 30.6. The Hall–Kier alpha value is -10.1. The summed E-state index contributed by atoms with van der Waals surface area (Å²) in [5.74, 6) is -1.05. The summed E-state index contributed by atoms with van der Waals surface area (Å²) in [6.07, 6.45) is -12.9. The Bertz CT molecular complexity index is 5420. The maximum Gasteiger partial charge on any atom is 0.433 e. The molecule has 24 nitrogen and oxygen atoms in total. The van der Waals surface area contributed by atoms with Crippen molar-refractivity contribution < 1.29 is 104 Å². The van der Waals surface area contributed by atoms with Crippen LogP contribution in [0.15, 0.2) is 121 Å². The van der Waals surface area contributed by atoms with Gasteiger partial charge in [-0.3, -0.25) is 47.4 Å². The molecule has 5 amide bonds. The van der Waals surface area contributed by atoms with Gasteiger partial charge in [0.2, 0.25) is 0 Å². The van der Waals surface area contributed by atoms with Gasteiger partial charge in [-0.15, -0.1) is 56.7 Å². The molecule has 2 unspecified atom stereocenters. The summed E-state index contributed by atoms with van der Waals surface area (Å²) in [7, 11) is 7.82. The molecule has 2 atom stereocenters. The second-order valence-electron chi connectivity index (χ2n) is 29.4. The van der Waals surface area contributed by atoms with Crippen LogP contribution in [-0.2, 0) is 82.1 Å². The van der Waals surface area contributed by atoms with E-state index < -0.39 is 59.4 Å². The summed E-state index contributed by atoms with van der Waals surface area (Å²) in [5, 5.41) is 37.3. The van der Waals surface area contributed by atoms with Gasteiger partial charge in [0.15, 0.2) is 0 Å². The third-order valence-corrected chi connectivity index (χ3v) is 25.3. The van der Waals surface area contributed by atoms with E-state index in [1.54, 1.807) is 77.6 Å². The Morgan fingerprint density at radius 3 is 1.17 bits per heavy atom. The smallest absolute Gasteiger partial charge is 0.395 e. The maximum atomic E-state index is 13.0. The molecule has 2 saturated heterocycles. The Labute approximate surface area is 733 Å². The number of amides is 5. The third kappa shape index (κ3) is 26.8. The lowest BCUT2D eigenvalue weighted by atomic mass is 9.94. The number of thiophene rings is 5. The highest BCUT2D eigenvalue weighted by Crippen LogP contribution is 2.41. The van der Waals surface area contributed by atoms with Gasteiger partial charge in [-0.1, -0.05) is 56.0 Å². The van der Waals surface area contributed by atoms with Crippen molar-refractivity contribution in [1.82, 2.24) is 79.6 Å². The first-order valence-corrected chi connectivity index (χ1v) is 43.6. The van der Waals surface area contributed by atoms with Crippen molar-refractivity contribution in [2.45, 2.75) is 127 Å². The summed E-state index contributed by atoms with van der Waals surface area (Å²) < 4.78 is 208. The largest absolute Gasteiger partial charge is 0.433 e. The Morgan fingerprint density at radius 1 is 0.460 bits per heavy atom. The molecule has 11 aromatic rings. The number of rotatable bonds is 22. The standard InChI is InChI=1S/C18H22F3N3O2S.C17H21F3N4OS.C17H14F3N3OS.C16H18F3N3O2S.C14H16F3N3O2S/c1-23-16(18(19,20)21)11-13(22-23)14-7-8-15(27-14)17(26)24(9-10-25)12-5-3-2-4-6-12;1-23-15(17(18,19)20)11-12(22-23)13-5-6-14(26-13)16(25)21-7-10-24-8-3-2-4-9-24;1-23-15(17(18,19)20)9-12(22-23)13-7-8-14(25-13)16(24)21-10-11-5-3-2-4-6-11;1-9-7-22(8-10(2)24-9)15(23)13-5-4-12(25-13)11-6-14(16(17,18)19)21(3)20-11;1-20-12(14(15,16)17)8-9(19-20)10-4-5-11(23-10)13(21)18-6-3-7-22-2/h7-8,11-12,25H,2-6,9-10H2,1H3;5-6,11H,2-4,7-10H2,1H3,(H,21,25);2-9H,10H2,1H3,(H,21,24);4-6,9-10H,7-8H2,1-3H3;4-5,8H,3,6-7H2,1-2H3,(H,18,21). The molecule has 12 heterocycles. The van der Waals surface area contributed by atoms with Crippen LogP contribution in [0.2, 0.25) is 0 Å². The Kier molecular flexibility index (Phi) is 33.6. The van der Waals surface area contributed by atoms with Gasteiger partial charge >= 0.3 is 30.9 Å². The number of benzene rings is 1. The highest BCUT2D eigenvalue weighted by Gasteiger charge is 2.41. The normalized spacial score (nSPS) is 15.4. The van der Waals surface area contributed by atoms with Gasteiger partial charge in [0.25, 0.3) is 29.5 Å². The fourth-order valence-corrected chi connectivity index (χ4v) is 18.3. The van der Waals surface area contributed by atoms with Crippen molar-refractivity contribution in [3.63, 3.8) is 0 Å². The van der Waals surface area contributed by atoms with Crippen molar-refractivity contribution in [3.05, 3.63) is 180 Å². The number of ether oxygens (including phenoxy) is 2. The second kappa shape index (κ2) is 43.1. The predicted molar refractivity (Wildman–Crippen MR) is 448 cm³/mol. The number of halogens is 15. The predicted octanol–water partition coefficient (Wildman–Crippen LogP) is 17.8. The number of morpholine rings is 1. The van der Waals surface area contributed by atoms with Gasteiger partial charge in [0.05, 0.1) is 67.6 Å². The van der Waals surface area contributed by atoms with E-state index in [2.05, 4.69) is 46.3 Å². The van der Waals surface area contributed by atoms with Crippen molar-refractivity contribution in [2.75, 3.05) is 72.7 Å². The zero-order chi connectivity index (χ0) is 91.8. The van der Waals surface area contributed by atoms with E-state index in [9.17, 15) is 94.9 Å². The van der Waals surface area contributed by atoms with E-state index in [-0.39, 0.29) is 89.4 Å². The van der Waals surface area contributed by atoms with Crippen molar-refractivity contribution in [1.29, 1.82) is 0 Å². The molecule has 2 aliphatic heterocycles. The number of hydrogen-bond donors (Lipinski definition) is 4. The first-order valence-electron chi connectivity index (χ1n) is 39.5. The highest BCUT2D eigenvalue weighted by molar-refractivity contribution is 7.18. The van der Waals surface area contributed by atoms with Crippen molar-refractivity contribution in [3.8, 4) is 52.9 Å². The number of piperidine rings is 1. The zero-order valence-electron chi connectivity index (χ0n) is 69.3. The van der Waals surface area contributed by atoms with E-state index in [0.717, 1.165) is 168 Å². The molecule has 0 spiro atoms. The minimum atomic E-state index is -4.48. The number of aliphatic hydroxyl groups is 1. The minimum absolute atomic E-state index is 0.0442. The molecule has 3 aliphatic rings. The lowest BCUT2D eigenvalue weighted by molar-refractivity contribution is -0.144. The minimum Gasteiger partial charge on any atom is -0.395 e. The number of hydrogen-bond acceptors (Lipinski definition) is 19. The van der Waals surface area contributed by atoms with Crippen molar-refractivity contribution >= 4 is 86.2 Å². The average Bonchev–Trinajstić information content (AvgIpc) is 1.91. The van der Waals surface area contributed by atoms with Crippen LogP contribution in [0, 0.1) is 0 Å². The van der Waals surface area contributed by atoms with Gasteiger partial charge < -0.3 is 45.2 Å². The van der Waals surface area contributed by atoms with Crippen LogP contribution in [0.25, 0.3) is 52.9 Å². The number of likely N-dealkylation sites (tertiary alicyclic amines) is 1. The first kappa shape index (κ1) is 98.1. The fourth-order valence-electron chi connectivity index (χ4n) is 13.8. The van der Waals surface area contributed by atoms with Gasteiger partial charge in [-0.2, -0.15) is 91.3 Å². The Balaban J connectivity index is 0.000000165. The topological polar surface area (TPSA) is 259 Å².